The number of rotatable bonds is 5. The predicted molar refractivity (Wildman–Crippen MR) is 118 cm³/mol. The lowest BCUT2D eigenvalue weighted by atomic mass is 10.1. The third kappa shape index (κ3) is 4.54. The summed E-state index contributed by atoms with van der Waals surface area (Å²) in [5.41, 5.74) is 1.81. The molecule has 3 rings (SSSR count). The van der Waals surface area contributed by atoms with Crippen LogP contribution in [0.1, 0.15) is 11.1 Å². The molecule has 1 aliphatic rings. The Morgan fingerprint density at radius 3 is 2.57 bits per heavy atom. The Balaban J connectivity index is 1.84. The van der Waals surface area contributed by atoms with Crippen molar-refractivity contribution in [2.45, 2.75) is 6.61 Å². The molecule has 0 aromatic heterocycles. The van der Waals surface area contributed by atoms with Gasteiger partial charge in [0.15, 0.2) is 16.7 Å². The molecule has 146 valence electrons. The normalized spacial score (nSPS) is 16.9. The average molecular weight is 482 g/mol. The maximum absolute atomic E-state index is 12.4. The third-order valence-electron chi connectivity index (χ3n) is 4.07. The van der Waals surface area contributed by atoms with Crippen LogP contribution in [0.2, 0.25) is 5.02 Å². The highest BCUT2D eigenvalue weighted by molar-refractivity contribution is 9.10. The lowest BCUT2D eigenvalue weighted by Gasteiger charge is -2.13. The van der Waals surface area contributed by atoms with Gasteiger partial charge in [-0.25, -0.2) is 0 Å². The van der Waals surface area contributed by atoms with Gasteiger partial charge in [0.05, 0.1) is 12.0 Å². The van der Waals surface area contributed by atoms with Crippen LogP contribution in [0.25, 0.3) is 6.08 Å². The number of benzene rings is 2. The molecule has 8 heteroatoms. The van der Waals surface area contributed by atoms with E-state index in [-0.39, 0.29) is 5.91 Å². The van der Waals surface area contributed by atoms with Gasteiger partial charge >= 0.3 is 0 Å². The second-order valence-corrected chi connectivity index (χ2v) is 8.22. The molecule has 2 aromatic carbocycles. The number of amidine groups is 1. The van der Waals surface area contributed by atoms with Gasteiger partial charge in [-0.05, 0) is 53.2 Å². The molecule has 0 spiro atoms. The number of likely N-dealkylation sites (N-methyl/N-ethyl adjacent to an activating group) is 1. The van der Waals surface area contributed by atoms with Crippen LogP contribution in [0.3, 0.4) is 0 Å². The summed E-state index contributed by atoms with van der Waals surface area (Å²) in [6.45, 7) is 0.385. The summed E-state index contributed by atoms with van der Waals surface area (Å²) >= 11 is 10.8. The van der Waals surface area contributed by atoms with Crippen molar-refractivity contribution in [3.8, 4) is 11.5 Å². The zero-order chi connectivity index (χ0) is 20.3. The minimum Gasteiger partial charge on any atom is -0.493 e. The topological polar surface area (TPSA) is 51.1 Å². The van der Waals surface area contributed by atoms with E-state index in [9.17, 15) is 4.79 Å². The summed E-state index contributed by atoms with van der Waals surface area (Å²) in [7, 11) is 4.96. The van der Waals surface area contributed by atoms with Gasteiger partial charge in [-0.2, -0.15) is 0 Å². The smallest absolute Gasteiger partial charge is 0.266 e. The van der Waals surface area contributed by atoms with Gasteiger partial charge in [0.2, 0.25) is 0 Å². The van der Waals surface area contributed by atoms with E-state index in [2.05, 4.69) is 20.9 Å². The first-order valence-corrected chi connectivity index (χ1v) is 10.3. The third-order valence-corrected chi connectivity index (χ3v) is 6.16. The van der Waals surface area contributed by atoms with E-state index in [1.165, 1.54) is 16.7 Å². The first-order chi connectivity index (χ1) is 13.4. The number of carbonyl (C=O) groups excluding carboxylic acids is 1. The molecule has 1 saturated heterocycles. The zero-order valence-corrected chi connectivity index (χ0v) is 18.7. The monoisotopic (exact) mass is 480 g/mol. The molecule has 2 aromatic rings. The highest BCUT2D eigenvalue weighted by Gasteiger charge is 2.30. The van der Waals surface area contributed by atoms with Gasteiger partial charge in [0.25, 0.3) is 5.91 Å². The molecule has 0 saturated carbocycles. The van der Waals surface area contributed by atoms with Crippen molar-refractivity contribution in [1.82, 2.24) is 4.90 Å². The van der Waals surface area contributed by atoms with Crippen LogP contribution < -0.4 is 9.47 Å². The Morgan fingerprint density at radius 2 is 1.96 bits per heavy atom. The highest BCUT2D eigenvalue weighted by Crippen LogP contribution is 2.38. The van der Waals surface area contributed by atoms with E-state index >= 15 is 0 Å². The Hall–Kier alpha value is -1.96. The van der Waals surface area contributed by atoms with Crippen molar-refractivity contribution in [3.05, 3.63) is 61.9 Å². The van der Waals surface area contributed by atoms with Crippen molar-refractivity contribution in [3.63, 3.8) is 0 Å². The number of thioether (sulfide) groups is 1. The Labute approximate surface area is 181 Å². The van der Waals surface area contributed by atoms with Gasteiger partial charge in [-0.3, -0.25) is 14.7 Å². The quantitative estimate of drug-likeness (QED) is 0.549. The van der Waals surface area contributed by atoms with Crippen LogP contribution >= 0.6 is 39.3 Å². The molecule has 1 aliphatic heterocycles. The van der Waals surface area contributed by atoms with Crippen molar-refractivity contribution in [2.75, 3.05) is 21.2 Å². The molecule has 0 bridgehead atoms. The van der Waals surface area contributed by atoms with Crippen LogP contribution in [-0.2, 0) is 11.4 Å². The van der Waals surface area contributed by atoms with E-state index < -0.39 is 0 Å². The number of amides is 1. The fourth-order valence-corrected chi connectivity index (χ4v) is 4.05. The average Bonchev–Trinajstić information content (AvgIpc) is 2.97. The second-order valence-electron chi connectivity index (χ2n) is 5.92. The number of hydrogen-bond acceptors (Lipinski definition) is 5. The maximum Gasteiger partial charge on any atom is 0.266 e. The van der Waals surface area contributed by atoms with Gasteiger partial charge in [0.1, 0.15) is 6.61 Å². The van der Waals surface area contributed by atoms with E-state index in [1.54, 1.807) is 21.2 Å². The number of nitrogens with zero attached hydrogens (tertiary/aromatic N) is 2. The Morgan fingerprint density at radius 1 is 1.25 bits per heavy atom. The molecule has 0 aliphatic carbocycles. The molecule has 1 heterocycles. The first kappa shape index (κ1) is 20.8. The maximum atomic E-state index is 12.4. The van der Waals surface area contributed by atoms with Gasteiger partial charge in [-0.15, -0.1) is 0 Å². The Kier molecular flexibility index (Phi) is 6.69. The van der Waals surface area contributed by atoms with E-state index in [0.717, 1.165) is 15.6 Å². The standard InChI is InChI=1S/C20H18BrClN2O3S/c1-23-20-24(2)19(25)18(28-20)9-13-8-16(26-3)17(10-15(13)21)27-11-12-4-6-14(22)7-5-12/h4-10H,11H2,1-3H3/b18-9+,23-20?. The van der Waals surface area contributed by atoms with Crippen LogP contribution in [0.15, 0.2) is 50.8 Å². The van der Waals surface area contributed by atoms with Crippen molar-refractivity contribution in [1.29, 1.82) is 0 Å². The molecule has 0 atom stereocenters. The summed E-state index contributed by atoms with van der Waals surface area (Å²) in [4.78, 5) is 18.6. The van der Waals surface area contributed by atoms with Gasteiger partial charge < -0.3 is 9.47 Å². The molecule has 0 N–H and O–H groups in total. The molecule has 0 unspecified atom stereocenters. The lowest BCUT2D eigenvalue weighted by Crippen LogP contribution is -2.23. The predicted octanol–water partition coefficient (Wildman–Crippen LogP) is 5.22. The molecule has 5 nitrogen and oxygen atoms in total. The second kappa shape index (κ2) is 9.03. The molecular weight excluding hydrogens is 464 g/mol. The number of halogens is 2. The molecular formula is C20H18BrClN2O3S. The molecule has 1 amide bonds. The zero-order valence-electron chi connectivity index (χ0n) is 15.5. The molecule has 28 heavy (non-hydrogen) atoms. The van der Waals surface area contributed by atoms with Crippen LogP contribution in [0.5, 0.6) is 11.5 Å². The summed E-state index contributed by atoms with van der Waals surface area (Å²) in [6.07, 6.45) is 1.82. The number of methoxy groups -OCH3 is 1. The van der Waals surface area contributed by atoms with Gasteiger partial charge in [-0.1, -0.05) is 39.7 Å². The Bertz CT molecular complexity index is 961. The van der Waals surface area contributed by atoms with Crippen LogP contribution in [-0.4, -0.2) is 37.2 Å². The molecule has 0 radical (unpaired) electrons. The van der Waals surface area contributed by atoms with Gasteiger partial charge in [0, 0.05) is 23.6 Å². The summed E-state index contributed by atoms with van der Waals surface area (Å²) in [5.74, 6) is 1.10. The minimum atomic E-state index is -0.0838. The van der Waals surface area contributed by atoms with Crippen molar-refractivity contribution < 1.29 is 14.3 Å². The SMILES string of the molecule is CN=C1S/C(=C/c2cc(OC)c(OCc3ccc(Cl)cc3)cc2Br)C(=O)N1C. The minimum absolute atomic E-state index is 0.0838. The largest absolute Gasteiger partial charge is 0.493 e. The highest BCUT2D eigenvalue weighted by atomic mass is 79.9. The fourth-order valence-electron chi connectivity index (χ4n) is 2.57. The number of hydrogen-bond donors (Lipinski definition) is 0. The lowest BCUT2D eigenvalue weighted by molar-refractivity contribution is -0.121. The molecule has 1 fully saturated rings. The van der Waals surface area contributed by atoms with E-state index in [1.807, 2.05) is 42.5 Å². The van der Waals surface area contributed by atoms with Crippen molar-refractivity contribution >= 4 is 56.4 Å². The fraction of sp³-hybridized carbons (Fsp3) is 0.200. The summed E-state index contributed by atoms with van der Waals surface area (Å²) in [5, 5.41) is 1.35. The van der Waals surface area contributed by atoms with Crippen LogP contribution in [0.4, 0.5) is 0 Å². The first-order valence-electron chi connectivity index (χ1n) is 8.32. The number of ether oxygens (including phenoxy) is 2. The summed E-state index contributed by atoms with van der Waals surface area (Å²) < 4.78 is 12.2. The van der Waals surface area contributed by atoms with E-state index in [0.29, 0.717) is 33.2 Å². The number of aliphatic imine (C=N–C) groups is 1. The summed E-state index contributed by atoms with van der Waals surface area (Å²) in [6, 6.07) is 11.1. The number of carbonyl (C=O) groups is 1. The van der Waals surface area contributed by atoms with E-state index in [4.69, 9.17) is 21.1 Å². The van der Waals surface area contributed by atoms with Crippen LogP contribution in [0, 0.1) is 0 Å². The van der Waals surface area contributed by atoms with Crippen molar-refractivity contribution in [2.24, 2.45) is 4.99 Å².